The molecule has 1 fully saturated rings. The van der Waals surface area contributed by atoms with Crippen molar-refractivity contribution >= 4 is 5.91 Å². The van der Waals surface area contributed by atoms with Crippen LogP contribution in [0.2, 0.25) is 0 Å². The van der Waals surface area contributed by atoms with Crippen molar-refractivity contribution in [2.24, 2.45) is 0 Å². The van der Waals surface area contributed by atoms with E-state index in [4.69, 9.17) is 4.52 Å². The zero-order valence-corrected chi connectivity index (χ0v) is 15.9. The van der Waals surface area contributed by atoms with Gasteiger partial charge in [-0.1, -0.05) is 41.9 Å². The number of benzene rings is 1. The topological polar surface area (TPSA) is 71.3 Å². The summed E-state index contributed by atoms with van der Waals surface area (Å²) in [7, 11) is 0. The lowest BCUT2D eigenvalue weighted by molar-refractivity contribution is -0.133. The predicted octanol–water partition coefficient (Wildman–Crippen LogP) is 2.65. The number of hydrogen-bond acceptors (Lipinski definition) is 5. The zero-order valence-electron chi connectivity index (χ0n) is 15.9. The third kappa shape index (κ3) is 4.49. The quantitative estimate of drug-likeness (QED) is 0.861. The summed E-state index contributed by atoms with van der Waals surface area (Å²) in [6.45, 7) is 7.15. The first-order chi connectivity index (χ1) is 12.6. The number of carbonyl (C=O) groups is 1. The maximum absolute atomic E-state index is 12.2. The van der Waals surface area contributed by atoms with Gasteiger partial charge in [0.05, 0.1) is 12.6 Å². The van der Waals surface area contributed by atoms with Crippen LogP contribution in [0.4, 0.5) is 0 Å². The van der Waals surface area contributed by atoms with Gasteiger partial charge in [-0.3, -0.25) is 4.79 Å². The SMILES string of the molecule is CCc1nc(CN[C@H]2CCCN(C(C)=O)[C@H]2Cc2cccc(C)c2)no1. The van der Waals surface area contributed by atoms with Crippen LogP contribution in [0.5, 0.6) is 0 Å². The molecule has 2 atom stereocenters. The average molecular weight is 356 g/mol. The third-order valence-corrected chi connectivity index (χ3v) is 5.05. The number of rotatable bonds is 6. The predicted molar refractivity (Wildman–Crippen MR) is 99.6 cm³/mol. The van der Waals surface area contributed by atoms with E-state index in [-0.39, 0.29) is 18.0 Å². The van der Waals surface area contributed by atoms with Gasteiger partial charge < -0.3 is 14.7 Å². The van der Waals surface area contributed by atoms with Gasteiger partial charge in [0.1, 0.15) is 0 Å². The van der Waals surface area contributed by atoms with Crippen molar-refractivity contribution in [2.45, 2.75) is 65.1 Å². The molecule has 140 valence electrons. The molecule has 2 aromatic rings. The van der Waals surface area contributed by atoms with Crippen LogP contribution in [-0.2, 0) is 24.2 Å². The number of aryl methyl sites for hydroxylation is 2. The van der Waals surface area contributed by atoms with Gasteiger partial charge in [0.25, 0.3) is 0 Å². The van der Waals surface area contributed by atoms with Crippen LogP contribution in [0.15, 0.2) is 28.8 Å². The van der Waals surface area contributed by atoms with Crippen molar-refractivity contribution in [3.05, 3.63) is 47.1 Å². The highest BCUT2D eigenvalue weighted by Crippen LogP contribution is 2.22. The van der Waals surface area contributed by atoms with E-state index < -0.39 is 0 Å². The molecule has 26 heavy (non-hydrogen) atoms. The monoisotopic (exact) mass is 356 g/mol. The number of aromatic nitrogens is 2. The average Bonchev–Trinajstić information content (AvgIpc) is 3.08. The number of carbonyl (C=O) groups excluding carboxylic acids is 1. The second kappa shape index (κ2) is 8.45. The summed E-state index contributed by atoms with van der Waals surface area (Å²) in [6, 6.07) is 8.89. The second-order valence-electron chi connectivity index (χ2n) is 7.06. The summed E-state index contributed by atoms with van der Waals surface area (Å²) < 4.78 is 5.18. The molecule has 1 aromatic carbocycles. The molecule has 6 nitrogen and oxygen atoms in total. The summed E-state index contributed by atoms with van der Waals surface area (Å²) >= 11 is 0. The Hall–Kier alpha value is -2.21. The lowest BCUT2D eigenvalue weighted by atomic mass is 9.90. The highest BCUT2D eigenvalue weighted by atomic mass is 16.5. The fourth-order valence-corrected chi connectivity index (χ4v) is 3.75. The Kier molecular flexibility index (Phi) is 6.04. The van der Waals surface area contributed by atoms with Crippen LogP contribution in [-0.4, -0.2) is 39.6 Å². The van der Waals surface area contributed by atoms with Gasteiger partial charge in [-0.25, -0.2) is 0 Å². The molecule has 1 saturated heterocycles. The van der Waals surface area contributed by atoms with Gasteiger partial charge in [-0.05, 0) is 31.7 Å². The maximum Gasteiger partial charge on any atom is 0.226 e. The Labute approximate surface area is 155 Å². The van der Waals surface area contributed by atoms with Crippen LogP contribution in [0.1, 0.15) is 49.5 Å². The number of likely N-dealkylation sites (tertiary alicyclic amines) is 1. The molecule has 1 amide bonds. The van der Waals surface area contributed by atoms with Gasteiger partial charge in [-0.15, -0.1) is 0 Å². The van der Waals surface area contributed by atoms with Crippen LogP contribution in [0.25, 0.3) is 0 Å². The molecule has 0 spiro atoms. The maximum atomic E-state index is 12.2. The van der Waals surface area contributed by atoms with E-state index >= 15 is 0 Å². The molecule has 1 aromatic heterocycles. The Morgan fingerprint density at radius 2 is 2.27 bits per heavy atom. The summed E-state index contributed by atoms with van der Waals surface area (Å²) in [4.78, 5) is 18.6. The number of nitrogens with one attached hydrogen (secondary N) is 1. The fraction of sp³-hybridized carbons (Fsp3) is 0.550. The summed E-state index contributed by atoms with van der Waals surface area (Å²) in [5.74, 6) is 1.48. The van der Waals surface area contributed by atoms with E-state index in [1.165, 1.54) is 11.1 Å². The summed E-state index contributed by atoms with van der Waals surface area (Å²) in [6.07, 6.45) is 3.64. The summed E-state index contributed by atoms with van der Waals surface area (Å²) in [5.41, 5.74) is 2.51. The van der Waals surface area contributed by atoms with Gasteiger partial charge in [0.15, 0.2) is 5.82 Å². The number of amides is 1. The number of nitrogens with zero attached hydrogens (tertiary/aromatic N) is 3. The van der Waals surface area contributed by atoms with E-state index in [0.717, 1.165) is 32.2 Å². The highest BCUT2D eigenvalue weighted by Gasteiger charge is 2.33. The molecule has 1 aliphatic rings. The van der Waals surface area contributed by atoms with E-state index in [1.54, 1.807) is 6.92 Å². The Bertz CT molecular complexity index is 743. The minimum absolute atomic E-state index is 0.139. The van der Waals surface area contributed by atoms with Crippen LogP contribution in [0, 0.1) is 6.92 Å². The molecule has 1 aliphatic heterocycles. The molecule has 3 rings (SSSR count). The third-order valence-electron chi connectivity index (χ3n) is 5.05. The lowest BCUT2D eigenvalue weighted by Gasteiger charge is -2.41. The van der Waals surface area contributed by atoms with E-state index in [0.29, 0.717) is 18.3 Å². The smallest absolute Gasteiger partial charge is 0.226 e. The molecule has 0 radical (unpaired) electrons. The van der Waals surface area contributed by atoms with E-state index in [9.17, 15) is 4.79 Å². The lowest BCUT2D eigenvalue weighted by Crippen LogP contribution is -2.56. The zero-order chi connectivity index (χ0) is 18.5. The normalized spacial score (nSPS) is 20.3. The van der Waals surface area contributed by atoms with Crippen molar-refractivity contribution in [2.75, 3.05) is 6.54 Å². The first-order valence-corrected chi connectivity index (χ1v) is 9.44. The van der Waals surface area contributed by atoms with Crippen LogP contribution in [0.3, 0.4) is 0 Å². The number of piperidine rings is 1. The van der Waals surface area contributed by atoms with Gasteiger partial charge >= 0.3 is 0 Å². The van der Waals surface area contributed by atoms with Gasteiger partial charge in [0, 0.05) is 25.9 Å². The van der Waals surface area contributed by atoms with Crippen molar-refractivity contribution in [3.8, 4) is 0 Å². The minimum atomic E-state index is 0.139. The molecule has 1 N–H and O–H groups in total. The van der Waals surface area contributed by atoms with Crippen molar-refractivity contribution in [3.63, 3.8) is 0 Å². The first kappa shape index (κ1) is 18.6. The molecular formula is C20H28N4O2. The molecular weight excluding hydrogens is 328 g/mol. The van der Waals surface area contributed by atoms with Crippen molar-refractivity contribution in [1.29, 1.82) is 0 Å². The molecule has 6 heteroatoms. The van der Waals surface area contributed by atoms with Crippen molar-refractivity contribution in [1.82, 2.24) is 20.4 Å². The van der Waals surface area contributed by atoms with E-state index in [2.05, 4.69) is 46.6 Å². The van der Waals surface area contributed by atoms with Gasteiger partial charge in [-0.2, -0.15) is 4.98 Å². The molecule has 0 unspecified atom stereocenters. The number of hydrogen-bond donors (Lipinski definition) is 1. The highest BCUT2D eigenvalue weighted by molar-refractivity contribution is 5.73. The first-order valence-electron chi connectivity index (χ1n) is 9.44. The Morgan fingerprint density at radius 1 is 1.42 bits per heavy atom. The molecule has 2 heterocycles. The largest absolute Gasteiger partial charge is 0.339 e. The second-order valence-corrected chi connectivity index (χ2v) is 7.06. The minimum Gasteiger partial charge on any atom is -0.339 e. The van der Waals surface area contributed by atoms with E-state index in [1.807, 2.05) is 11.8 Å². The molecule has 0 aliphatic carbocycles. The van der Waals surface area contributed by atoms with Crippen molar-refractivity contribution < 1.29 is 9.32 Å². The molecule has 0 saturated carbocycles. The summed E-state index contributed by atoms with van der Waals surface area (Å²) in [5, 5.41) is 7.58. The van der Waals surface area contributed by atoms with Crippen LogP contribution >= 0.6 is 0 Å². The standard InChI is InChI=1S/C20H28N4O2/c1-4-20-22-19(23-26-20)13-21-17-9-6-10-24(15(3)25)18(17)12-16-8-5-7-14(2)11-16/h5,7-8,11,17-18,21H,4,6,9-10,12-13H2,1-3H3/t17-,18-/m0/s1. The fourth-order valence-electron chi connectivity index (χ4n) is 3.75. The Morgan fingerprint density at radius 3 is 2.96 bits per heavy atom. The van der Waals surface area contributed by atoms with Gasteiger partial charge in [0.2, 0.25) is 11.8 Å². The Balaban J connectivity index is 1.73. The van der Waals surface area contributed by atoms with Crippen LogP contribution < -0.4 is 5.32 Å². The molecule has 0 bridgehead atoms.